The second kappa shape index (κ2) is 5.92. The first-order chi connectivity index (χ1) is 8.83. The van der Waals surface area contributed by atoms with Gasteiger partial charge in [-0.2, -0.15) is 0 Å². The van der Waals surface area contributed by atoms with E-state index in [1.165, 1.54) is 0 Å². The van der Waals surface area contributed by atoms with Gasteiger partial charge in [0.25, 0.3) is 0 Å². The highest BCUT2D eigenvalue weighted by Crippen LogP contribution is 2.21. The van der Waals surface area contributed by atoms with Gasteiger partial charge >= 0.3 is 0 Å². The maximum Gasteiger partial charge on any atom is 0.150 e. The van der Waals surface area contributed by atoms with Crippen molar-refractivity contribution in [1.82, 2.24) is 0 Å². The molecule has 2 rings (SSSR count). The third kappa shape index (κ3) is 2.92. The van der Waals surface area contributed by atoms with Crippen LogP contribution in [0.15, 0.2) is 48.5 Å². The number of hydrogen-bond acceptors (Lipinski definition) is 2. The minimum Gasteiger partial charge on any atom is -0.303 e. The second-order valence-corrected chi connectivity index (χ2v) is 4.15. The van der Waals surface area contributed by atoms with Gasteiger partial charge in [0, 0.05) is 12.0 Å². The predicted octanol–water partition coefficient (Wildman–Crippen LogP) is 3.30. The van der Waals surface area contributed by atoms with Gasteiger partial charge < -0.3 is 4.79 Å². The van der Waals surface area contributed by atoms with E-state index in [0.29, 0.717) is 12.0 Å². The molecule has 0 aliphatic rings. The molecule has 2 aromatic rings. The first kappa shape index (κ1) is 12.2. The van der Waals surface area contributed by atoms with Crippen LogP contribution in [0.5, 0.6) is 0 Å². The summed E-state index contributed by atoms with van der Waals surface area (Å²) in [4.78, 5) is 21.1. The van der Waals surface area contributed by atoms with Gasteiger partial charge in [-0.05, 0) is 29.2 Å². The summed E-state index contributed by atoms with van der Waals surface area (Å²) >= 11 is 0. The van der Waals surface area contributed by atoms with E-state index >= 15 is 0 Å². The number of aryl methyl sites for hydroxylation is 1. The van der Waals surface area contributed by atoms with E-state index in [1.54, 1.807) is 6.07 Å². The number of hydrogen-bond donors (Lipinski definition) is 0. The molecule has 0 aliphatic carbocycles. The predicted molar refractivity (Wildman–Crippen MR) is 71.7 cm³/mol. The van der Waals surface area contributed by atoms with Crippen molar-refractivity contribution in [3.05, 3.63) is 59.7 Å². The lowest BCUT2D eigenvalue weighted by Gasteiger charge is -2.05. The van der Waals surface area contributed by atoms with Crippen molar-refractivity contribution in [3.8, 4) is 11.1 Å². The van der Waals surface area contributed by atoms with E-state index in [4.69, 9.17) is 0 Å². The van der Waals surface area contributed by atoms with Gasteiger partial charge in [-0.3, -0.25) is 4.79 Å². The van der Waals surface area contributed by atoms with Gasteiger partial charge in [0.15, 0.2) is 0 Å². The molecule has 0 saturated carbocycles. The molecule has 0 radical (unpaired) electrons. The summed E-state index contributed by atoms with van der Waals surface area (Å²) in [5.41, 5.74) is 3.90. The zero-order valence-electron chi connectivity index (χ0n) is 10.0. The largest absolute Gasteiger partial charge is 0.303 e. The minimum absolute atomic E-state index is 0.540. The standard InChI is InChI=1S/C16H14O2/c17-9-3-6-13-4-1-7-15(10-13)16-8-2-5-14(11-16)12-18/h1-2,4-5,7-12H,3,6H2. The fourth-order valence-corrected chi connectivity index (χ4v) is 1.92. The van der Waals surface area contributed by atoms with E-state index in [1.807, 2.05) is 36.4 Å². The highest BCUT2D eigenvalue weighted by atomic mass is 16.1. The second-order valence-electron chi connectivity index (χ2n) is 4.15. The molecule has 0 bridgehead atoms. The van der Waals surface area contributed by atoms with Crippen LogP contribution in [0.25, 0.3) is 11.1 Å². The van der Waals surface area contributed by atoms with E-state index in [-0.39, 0.29) is 0 Å². The van der Waals surface area contributed by atoms with Crippen molar-refractivity contribution >= 4 is 12.6 Å². The summed E-state index contributed by atoms with van der Waals surface area (Å²) in [6, 6.07) is 15.6. The Kier molecular flexibility index (Phi) is 4.02. The highest BCUT2D eigenvalue weighted by Gasteiger charge is 2.00. The van der Waals surface area contributed by atoms with Crippen molar-refractivity contribution in [2.45, 2.75) is 12.8 Å². The highest BCUT2D eigenvalue weighted by molar-refractivity contribution is 5.78. The van der Waals surface area contributed by atoms with Crippen LogP contribution in [0.2, 0.25) is 0 Å². The zero-order valence-corrected chi connectivity index (χ0v) is 10.0. The molecule has 18 heavy (non-hydrogen) atoms. The third-order valence-corrected chi connectivity index (χ3v) is 2.83. The molecule has 2 aromatic carbocycles. The zero-order chi connectivity index (χ0) is 12.8. The van der Waals surface area contributed by atoms with Crippen LogP contribution in [0.4, 0.5) is 0 Å². The first-order valence-electron chi connectivity index (χ1n) is 5.91. The number of aldehydes is 2. The monoisotopic (exact) mass is 238 g/mol. The number of carbonyl (C=O) groups is 2. The molecule has 0 amide bonds. The Hall–Kier alpha value is -2.22. The fourth-order valence-electron chi connectivity index (χ4n) is 1.92. The molecule has 0 heterocycles. The topological polar surface area (TPSA) is 34.1 Å². The van der Waals surface area contributed by atoms with Crippen molar-refractivity contribution < 1.29 is 9.59 Å². The number of rotatable bonds is 5. The number of carbonyl (C=O) groups excluding carboxylic acids is 2. The van der Waals surface area contributed by atoms with Crippen molar-refractivity contribution in [2.75, 3.05) is 0 Å². The molecular formula is C16H14O2. The summed E-state index contributed by atoms with van der Waals surface area (Å²) in [5.74, 6) is 0. The average Bonchev–Trinajstić information content (AvgIpc) is 2.45. The molecular weight excluding hydrogens is 224 g/mol. The Morgan fingerprint density at radius 2 is 1.61 bits per heavy atom. The minimum atomic E-state index is 0.540. The van der Waals surface area contributed by atoms with Gasteiger partial charge in [-0.15, -0.1) is 0 Å². The van der Waals surface area contributed by atoms with Crippen LogP contribution in [-0.4, -0.2) is 12.6 Å². The molecule has 0 aromatic heterocycles. The Morgan fingerprint density at radius 1 is 0.889 bits per heavy atom. The van der Waals surface area contributed by atoms with Crippen LogP contribution in [0.3, 0.4) is 0 Å². The fraction of sp³-hybridized carbons (Fsp3) is 0.125. The first-order valence-corrected chi connectivity index (χ1v) is 5.91. The summed E-state index contributed by atoms with van der Waals surface area (Å²) in [6.45, 7) is 0. The SMILES string of the molecule is O=CCCc1cccc(-c2cccc(C=O)c2)c1. The van der Waals surface area contributed by atoms with Crippen molar-refractivity contribution in [1.29, 1.82) is 0 Å². The Bertz CT molecular complexity index is 559. The maximum absolute atomic E-state index is 10.8. The molecule has 0 saturated heterocycles. The Labute approximate surface area is 106 Å². The van der Waals surface area contributed by atoms with E-state index in [9.17, 15) is 9.59 Å². The molecule has 0 unspecified atom stereocenters. The molecule has 0 spiro atoms. The summed E-state index contributed by atoms with van der Waals surface area (Å²) in [5, 5.41) is 0. The smallest absolute Gasteiger partial charge is 0.150 e. The lowest BCUT2D eigenvalue weighted by Crippen LogP contribution is -1.88. The molecule has 2 heteroatoms. The van der Waals surface area contributed by atoms with Gasteiger partial charge in [-0.1, -0.05) is 42.5 Å². The lowest BCUT2D eigenvalue weighted by atomic mass is 10.00. The maximum atomic E-state index is 10.8. The lowest BCUT2D eigenvalue weighted by molar-refractivity contribution is -0.107. The Morgan fingerprint density at radius 3 is 2.33 bits per heavy atom. The quantitative estimate of drug-likeness (QED) is 0.749. The van der Waals surface area contributed by atoms with Crippen molar-refractivity contribution in [3.63, 3.8) is 0 Å². The molecule has 0 atom stereocenters. The van der Waals surface area contributed by atoms with Gasteiger partial charge in [0.2, 0.25) is 0 Å². The summed E-state index contributed by atoms with van der Waals surface area (Å²) in [6.07, 6.45) is 3.07. The van der Waals surface area contributed by atoms with Crippen LogP contribution < -0.4 is 0 Å². The van der Waals surface area contributed by atoms with E-state index in [2.05, 4.69) is 6.07 Å². The molecule has 90 valence electrons. The van der Waals surface area contributed by atoms with Crippen LogP contribution in [0.1, 0.15) is 22.3 Å². The van der Waals surface area contributed by atoms with E-state index < -0.39 is 0 Å². The van der Waals surface area contributed by atoms with Crippen LogP contribution >= 0.6 is 0 Å². The summed E-state index contributed by atoms with van der Waals surface area (Å²) in [7, 11) is 0. The van der Waals surface area contributed by atoms with E-state index in [0.717, 1.165) is 35.7 Å². The normalized spacial score (nSPS) is 10.0. The van der Waals surface area contributed by atoms with Gasteiger partial charge in [0.1, 0.15) is 12.6 Å². The third-order valence-electron chi connectivity index (χ3n) is 2.83. The molecule has 2 nitrogen and oxygen atoms in total. The van der Waals surface area contributed by atoms with Crippen LogP contribution in [-0.2, 0) is 11.2 Å². The average molecular weight is 238 g/mol. The molecule has 0 aliphatic heterocycles. The summed E-state index contributed by atoms with van der Waals surface area (Å²) < 4.78 is 0. The van der Waals surface area contributed by atoms with Crippen molar-refractivity contribution in [2.24, 2.45) is 0 Å². The molecule has 0 N–H and O–H groups in total. The molecule has 0 fully saturated rings. The van der Waals surface area contributed by atoms with Gasteiger partial charge in [0.05, 0.1) is 0 Å². The number of benzene rings is 2. The van der Waals surface area contributed by atoms with Crippen LogP contribution in [0, 0.1) is 0 Å². The van der Waals surface area contributed by atoms with Gasteiger partial charge in [-0.25, -0.2) is 0 Å². The Balaban J connectivity index is 2.31.